The van der Waals surface area contributed by atoms with Crippen LogP contribution in [0.5, 0.6) is 0 Å². The van der Waals surface area contributed by atoms with Gasteiger partial charge in [-0.25, -0.2) is 4.99 Å². The van der Waals surface area contributed by atoms with Crippen molar-refractivity contribution < 1.29 is 4.79 Å². The first kappa shape index (κ1) is 22.7. The van der Waals surface area contributed by atoms with E-state index in [1.807, 2.05) is 30.0 Å². The van der Waals surface area contributed by atoms with Gasteiger partial charge in [-0.1, -0.05) is 12.5 Å². The Balaban J connectivity index is 0.00000338. The topological polar surface area (TPSA) is 69.6 Å². The predicted molar refractivity (Wildman–Crippen MR) is 117 cm³/mol. The maximum Gasteiger partial charge on any atom is 0.222 e. The molecule has 1 saturated heterocycles. The van der Waals surface area contributed by atoms with Crippen molar-refractivity contribution in [3.63, 3.8) is 0 Å². The van der Waals surface area contributed by atoms with E-state index in [0.717, 1.165) is 62.8 Å². The van der Waals surface area contributed by atoms with Gasteiger partial charge >= 0.3 is 0 Å². The zero-order chi connectivity index (χ0) is 17.9. The number of aromatic nitrogens is 1. The van der Waals surface area contributed by atoms with Crippen LogP contribution < -0.4 is 10.6 Å². The summed E-state index contributed by atoms with van der Waals surface area (Å²) in [5, 5.41) is 6.60. The Bertz CT molecular complexity index is 579. The first-order valence-corrected chi connectivity index (χ1v) is 9.41. The molecule has 1 amide bonds. The van der Waals surface area contributed by atoms with Crippen LogP contribution in [-0.2, 0) is 11.3 Å². The number of nitrogens with one attached hydrogen (secondary N) is 2. The highest BCUT2D eigenvalue weighted by atomic mass is 127. The van der Waals surface area contributed by atoms with Crippen LogP contribution in [0.4, 0.5) is 0 Å². The Labute approximate surface area is 174 Å². The average molecular weight is 473 g/mol. The van der Waals surface area contributed by atoms with Crippen molar-refractivity contribution in [3.05, 3.63) is 29.6 Å². The lowest BCUT2D eigenvalue weighted by molar-refractivity contribution is -0.130. The molecule has 0 aliphatic carbocycles. The van der Waals surface area contributed by atoms with Crippen molar-refractivity contribution in [1.29, 1.82) is 0 Å². The number of amides is 1. The van der Waals surface area contributed by atoms with E-state index in [1.54, 1.807) is 0 Å². The van der Waals surface area contributed by atoms with Gasteiger partial charge in [0.15, 0.2) is 5.96 Å². The van der Waals surface area contributed by atoms with Gasteiger partial charge in [0.1, 0.15) is 0 Å². The molecule has 2 heterocycles. The summed E-state index contributed by atoms with van der Waals surface area (Å²) in [4.78, 5) is 23.1. The number of hydrogen-bond acceptors (Lipinski definition) is 3. The summed E-state index contributed by atoms with van der Waals surface area (Å²) in [6.07, 6.45) is 4.98. The zero-order valence-corrected chi connectivity index (χ0v) is 18.3. The Kier molecular flexibility index (Phi) is 11.2. The van der Waals surface area contributed by atoms with Gasteiger partial charge in [-0.2, -0.15) is 0 Å². The SMILES string of the molecule is CCNC(=NCc1cccc(C)n1)NCCCN1CCCCCC1=O.I. The highest BCUT2D eigenvalue weighted by Gasteiger charge is 2.15. The quantitative estimate of drug-likeness (QED) is 0.277. The molecular formula is C19H32IN5O. The minimum atomic E-state index is 0. The highest BCUT2D eigenvalue weighted by molar-refractivity contribution is 14.0. The summed E-state index contributed by atoms with van der Waals surface area (Å²) in [5.41, 5.74) is 1.97. The van der Waals surface area contributed by atoms with Crippen molar-refractivity contribution in [1.82, 2.24) is 20.5 Å². The molecule has 1 aliphatic heterocycles. The van der Waals surface area contributed by atoms with Gasteiger partial charge in [-0.15, -0.1) is 24.0 Å². The molecule has 1 aliphatic rings. The minimum Gasteiger partial charge on any atom is -0.357 e. The fourth-order valence-corrected chi connectivity index (χ4v) is 2.94. The lowest BCUT2D eigenvalue weighted by atomic mass is 10.2. The van der Waals surface area contributed by atoms with E-state index >= 15 is 0 Å². The van der Waals surface area contributed by atoms with E-state index in [2.05, 4.69) is 27.5 Å². The molecule has 26 heavy (non-hydrogen) atoms. The standard InChI is InChI=1S/C19H31N5O.HI/c1-3-20-19(22-15-17-10-7-9-16(2)23-17)21-12-8-14-24-13-6-4-5-11-18(24)25;/h7,9-10H,3-6,8,11-15H2,1-2H3,(H2,20,21,22);1H. The summed E-state index contributed by atoms with van der Waals surface area (Å²) in [6, 6.07) is 5.98. The molecule has 0 radical (unpaired) electrons. The largest absolute Gasteiger partial charge is 0.357 e. The number of rotatable bonds is 7. The van der Waals surface area contributed by atoms with Gasteiger partial charge in [-0.05, 0) is 45.2 Å². The van der Waals surface area contributed by atoms with Crippen LogP contribution in [0.3, 0.4) is 0 Å². The van der Waals surface area contributed by atoms with Gasteiger partial charge < -0.3 is 15.5 Å². The lowest BCUT2D eigenvalue weighted by Crippen LogP contribution is -2.39. The van der Waals surface area contributed by atoms with Crippen LogP contribution in [0.25, 0.3) is 0 Å². The second-order valence-corrected chi connectivity index (χ2v) is 6.44. The molecule has 7 heteroatoms. The second-order valence-electron chi connectivity index (χ2n) is 6.44. The summed E-state index contributed by atoms with van der Waals surface area (Å²) < 4.78 is 0. The van der Waals surface area contributed by atoms with E-state index in [0.29, 0.717) is 18.9 Å². The van der Waals surface area contributed by atoms with Crippen LogP contribution in [0.15, 0.2) is 23.2 Å². The predicted octanol–water partition coefficient (Wildman–Crippen LogP) is 2.86. The Morgan fingerprint density at radius 2 is 2.12 bits per heavy atom. The van der Waals surface area contributed by atoms with Crippen molar-refractivity contribution in [2.75, 3.05) is 26.2 Å². The molecule has 6 nitrogen and oxygen atoms in total. The summed E-state index contributed by atoms with van der Waals surface area (Å²) in [6.45, 7) is 7.95. The van der Waals surface area contributed by atoms with Crippen LogP contribution >= 0.6 is 24.0 Å². The third-order valence-electron chi connectivity index (χ3n) is 4.26. The molecule has 0 saturated carbocycles. The molecule has 0 atom stereocenters. The molecule has 0 aromatic carbocycles. The Morgan fingerprint density at radius 3 is 2.88 bits per heavy atom. The van der Waals surface area contributed by atoms with E-state index < -0.39 is 0 Å². The van der Waals surface area contributed by atoms with Crippen LogP contribution in [0, 0.1) is 6.92 Å². The van der Waals surface area contributed by atoms with Crippen molar-refractivity contribution in [2.45, 2.75) is 52.5 Å². The molecular weight excluding hydrogens is 441 g/mol. The van der Waals surface area contributed by atoms with Crippen LogP contribution in [0.2, 0.25) is 0 Å². The summed E-state index contributed by atoms with van der Waals surface area (Å²) >= 11 is 0. The maximum atomic E-state index is 12.0. The molecule has 2 N–H and O–H groups in total. The fraction of sp³-hybridized carbons (Fsp3) is 0.632. The molecule has 1 aromatic heterocycles. The fourth-order valence-electron chi connectivity index (χ4n) is 2.94. The van der Waals surface area contributed by atoms with Gasteiger partial charge in [-0.3, -0.25) is 9.78 Å². The van der Waals surface area contributed by atoms with Crippen molar-refractivity contribution in [2.24, 2.45) is 4.99 Å². The number of carbonyl (C=O) groups is 1. The van der Waals surface area contributed by atoms with Crippen molar-refractivity contribution in [3.8, 4) is 0 Å². The summed E-state index contributed by atoms with van der Waals surface area (Å²) in [5.74, 6) is 1.11. The van der Waals surface area contributed by atoms with E-state index in [9.17, 15) is 4.79 Å². The van der Waals surface area contributed by atoms with Gasteiger partial charge in [0.25, 0.3) is 0 Å². The van der Waals surface area contributed by atoms with Gasteiger partial charge in [0.2, 0.25) is 5.91 Å². The third kappa shape index (κ3) is 8.33. The number of nitrogens with zero attached hydrogens (tertiary/aromatic N) is 3. The lowest BCUT2D eigenvalue weighted by Gasteiger charge is -2.20. The monoisotopic (exact) mass is 473 g/mol. The van der Waals surface area contributed by atoms with E-state index in [-0.39, 0.29) is 24.0 Å². The Hall–Kier alpha value is -1.38. The summed E-state index contributed by atoms with van der Waals surface area (Å²) in [7, 11) is 0. The number of halogens is 1. The maximum absolute atomic E-state index is 12.0. The van der Waals surface area contributed by atoms with Crippen LogP contribution in [-0.4, -0.2) is 47.9 Å². The first-order valence-electron chi connectivity index (χ1n) is 9.41. The van der Waals surface area contributed by atoms with Gasteiger partial charge in [0.05, 0.1) is 12.2 Å². The van der Waals surface area contributed by atoms with Gasteiger partial charge in [0, 0.05) is 38.3 Å². The first-order chi connectivity index (χ1) is 12.2. The van der Waals surface area contributed by atoms with Crippen molar-refractivity contribution >= 4 is 35.8 Å². The molecule has 2 rings (SSSR count). The second kappa shape index (κ2) is 12.9. The molecule has 0 bridgehead atoms. The molecule has 1 aromatic rings. The van der Waals surface area contributed by atoms with E-state index in [4.69, 9.17) is 0 Å². The number of pyridine rings is 1. The number of guanidine groups is 1. The molecule has 146 valence electrons. The number of carbonyl (C=O) groups excluding carboxylic acids is 1. The number of likely N-dealkylation sites (tertiary alicyclic amines) is 1. The third-order valence-corrected chi connectivity index (χ3v) is 4.26. The highest BCUT2D eigenvalue weighted by Crippen LogP contribution is 2.11. The number of aryl methyl sites for hydroxylation is 1. The van der Waals surface area contributed by atoms with E-state index in [1.165, 1.54) is 6.42 Å². The zero-order valence-electron chi connectivity index (χ0n) is 16.0. The number of hydrogen-bond donors (Lipinski definition) is 2. The number of aliphatic imine (C=N–C) groups is 1. The molecule has 0 spiro atoms. The smallest absolute Gasteiger partial charge is 0.222 e. The normalized spacial score (nSPS) is 15.2. The molecule has 0 unspecified atom stereocenters. The molecule has 1 fully saturated rings. The average Bonchev–Trinajstić information content (AvgIpc) is 2.81. The Morgan fingerprint density at radius 1 is 1.27 bits per heavy atom. The van der Waals surface area contributed by atoms with Crippen LogP contribution in [0.1, 0.15) is 50.4 Å². The minimum absolute atomic E-state index is 0.